The van der Waals surface area contributed by atoms with Crippen molar-refractivity contribution in [3.05, 3.63) is 83.1 Å². The number of nitrogens with one attached hydrogen (secondary N) is 2. The van der Waals surface area contributed by atoms with Crippen LogP contribution in [0.15, 0.2) is 67.0 Å². The molecule has 30 heavy (non-hydrogen) atoms. The average molecular weight is 421 g/mol. The van der Waals surface area contributed by atoms with Crippen molar-refractivity contribution >= 4 is 29.1 Å². The summed E-state index contributed by atoms with van der Waals surface area (Å²) in [6.45, 7) is 3.07. The molecule has 7 heteroatoms. The molecule has 2 N–H and O–H groups in total. The molecule has 0 aliphatic carbocycles. The summed E-state index contributed by atoms with van der Waals surface area (Å²) in [6, 6.07) is 16.1. The van der Waals surface area contributed by atoms with Crippen molar-refractivity contribution in [3.8, 4) is 11.1 Å². The van der Waals surface area contributed by atoms with Gasteiger partial charge in [0, 0.05) is 60.4 Å². The van der Waals surface area contributed by atoms with Crippen LogP contribution >= 0.6 is 11.6 Å². The number of halogens is 1. The number of amides is 2. The van der Waals surface area contributed by atoms with E-state index in [-0.39, 0.29) is 11.8 Å². The molecular formula is C23H21ClN4O2. The van der Waals surface area contributed by atoms with Gasteiger partial charge in [-0.15, -0.1) is 0 Å². The quantitative estimate of drug-likeness (QED) is 0.675. The van der Waals surface area contributed by atoms with Gasteiger partial charge in [0.1, 0.15) is 0 Å². The lowest BCUT2D eigenvalue weighted by Crippen LogP contribution is -2.46. The Kier molecular flexibility index (Phi) is 6.07. The maximum absolute atomic E-state index is 12.6. The molecule has 1 aromatic heterocycles. The summed E-state index contributed by atoms with van der Waals surface area (Å²) in [4.78, 5) is 31.2. The molecular weight excluding hydrogens is 400 g/mol. The third kappa shape index (κ3) is 4.67. The highest BCUT2D eigenvalue weighted by atomic mass is 35.5. The second-order valence-corrected chi connectivity index (χ2v) is 7.48. The summed E-state index contributed by atoms with van der Waals surface area (Å²) in [6.07, 6.45) is 3.23. The zero-order valence-electron chi connectivity index (χ0n) is 16.3. The van der Waals surface area contributed by atoms with Gasteiger partial charge in [0.15, 0.2) is 0 Å². The molecule has 0 radical (unpaired) electrons. The lowest BCUT2D eigenvalue weighted by atomic mass is 10.0. The Morgan fingerprint density at radius 3 is 2.30 bits per heavy atom. The highest BCUT2D eigenvalue weighted by Gasteiger charge is 2.18. The van der Waals surface area contributed by atoms with E-state index in [1.54, 1.807) is 36.5 Å². The van der Waals surface area contributed by atoms with E-state index in [1.807, 2.05) is 29.2 Å². The highest BCUT2D eigenvalue weighted by molar-refractivity contribution is 6.30. The van der Waals surface area contributed by atoms with E-state index in [2.05, 4.69) is 15.6 Å². The summed E-state index contributed by atoms with van der Waals surface area (Å²) in [5.74, 6) is -0.213. The topological polar surface area (TPSA) is 74.3 Å². The second-order valence-electron chi connectivity index (χ2n) is 7.04. The minimum atomic E-state index is -0.253. The monoisotopic (exact) mass is 420 g/mol. The van der Waals surface area contributed by atoms with Crippen LogP contribution in [0.1, 0.15) is 20.7 Å². The number of rotatable bonds is 4. The van der Waals surface area contributed by atoms with Gasteiger partial charge in [0.05, 0.1) is 5.56 Å². The lowest BCUT2D eigenvalue weighted by Gasteiger charge is -2.27. The Balaban J connectivity index is 1.48. The van der Waals surface area contributed by atoms with E-state index in [0.29, 0.717) is 21.8 Å². The smallest absolute Gasteiger partial charge is 0.257 e. The zero-order valence-corrected chi connectivity index (χ0v) is 17.0. The minimum Gasteiger partial charge on any atom is -0.336 e. The number of nitrogens with zero attached hydrogens (tertiary/aromatic N) is 2. The zero-order chi connectivity index (χ0) is 20.9. The molecule has 0 atom stereocenters. The number of pyridine rings is 1. The van der Waals surface area contributed by atoms with Crippen molar-refractivity contribution in [2.24, 2.45) is 0 Å². The first kappa shape index (κ1) is 20.1. The Labute approximate surface area is 179 Å². The van der Waals surface area contributed by atoms with Crippen LogP contribution in [0.4, 0.5) is 5.69 Å². The molecule has 2 amide bonds. The molecule has 2 aromatic carbocycles. The predicted octanol–water partition coefficient (Wildman–Crippen LogP) is 3.70. The number of aromatic nitrogens is 1. The van der Waals surface area contributed by atoms with Crippen molar-refractivity contribution in [3.63, 3.8) is 0 Å². The van der Waals surface area contributed by atoms with Gasteiger partial charge in [0.2, 0.25) is 0 Å². The average Bonchev–Trinajstić information content (AvgIpc) is 2.81. The molecule has 0 bridgehead atoms. The molecule has 1 aliphatic heterocycles. The Hall–Kier alpha value is -3.22. The van der Waals surface area contributed by atoms with Crippen molar-refractivity contribution in [1.29, 1.82) is 0 Å². The first-order valence-corrected chi connectivity index (χ1v) is 10.1. The van der Waals surface area contributed by atoms with Crippen LogP contribution in [-0.2, 0) is 0 Å². The van der Waals surface area contributed by atoms with E-state index < -0.39 is 0 Å². The maximum atomic E-state index is 12.6. The molecule has 152 valence electrons. The van der Waals surface area contributed by atoms with Gasteiger partial charge in [-0.25, -0.2) is 0 Å². The first-order valence-electron chi connectivity index (χ1n) is 9.72. The molecule has 4 rings (SSSR count). The molecule has 0 unspecified atom stereocenters. The molecule has 1 aliphatic rings. The molecule has 0 saturated carbocycles. The van der Waals surface area contributed by atoms with Gasteiger partial charge in [-0.3, -0.25) is 14.6 Å². The molecule has 6 nitrogen and oxygen atoms in total. The number of hydrogen-bond acceptors (Lipinski definition) is 4. The predicted molar refractivity (Wildman–Crippen MR) is 118 cm³/mol. The van der Waals surface area contributed by atoms with Crippen LogP contribution in [0.5, 0.6) is 0 Å². The summed E-state index contributed by atoms with van der Waals surface area (Å²) >= 11 is 5.88. The fourth-order valence-corrected chi connectivity index (χ4v) is 3.44. The normalized spacial score (nSPS) is 13.7. The highest BCUT2D eigenvalue weighted by Crippen LogP contribution is 2.22. The number of carbonyl (C=O) groups excluding carboxylic acids is 2. The summed E-state index contributed by atoms with van der Waals surface area (Å²) in [5.41, 5.74) is 3.46. The number of anilines is 1. The van der Waals surface area contributed by atoms with Crippen LogP contribution in [-0.4, -0.2) is 47.9 Å². The van der Waals surface area contributed by atoms with Gasteiger partial charge < -0.3 is 15.5 Å². The summed E-state index contributed by atoms with van der Waals surface area (Å²) in [7, 11) is 0. The second kappa shape index (κ2) is 9.07. The molecule has 1 fully saturated rings. The van der Waals surface area contributed by atoms with Crippen molar-refractivity contribution < 1.29 is 9.59 Å². The van der Waals surface area contributed by atoms with Gasteiger partial charge in [-0.1, -0.05) is 23.7 Å². The maximum Gasteiger partial charge on any atom is 0.257 e. The van der Waals surface area contributed by atoms with E-state index in [4.69, 9.17) is 11.6 Å². The van der Waals surface area contributed by atoms with Crippen LogP contribution in [0.2, 0.25) is 5.02 Å². The van der Waals surface area contributed by atoms with Crippen LogP contribution in [0.3, 0.4) is 0 Å². The summed E-state index contributed by atoms with van der Waals surface area (Å²) in [5, 5.41) is 6.68. The standard InChI is InChI=1S/C23H21ClN4O2/c24-20-5-7-21(8-6-20)27-22(29)19-13-18(14-26-15-19)16-1-3-17(4-2-16)23(30)28-11-9-25-10-12-28/h1-8,13-15,25H,9-12H2,(H,27,29). The lowest BCUT2D eigenvalue weighted by molar-refractivity contribution is 0.0735. The molecule has 3 aromatic rings. The van der Waals surface area contributed by atoms with Crippen molar-refractivity contribution in [2.75, 3.05) is 31.5 Å². The van der Waals surface area contributed by atoms with Gasteiger partial charge >= 0.3 is 0 Å². The summed E-state index contributed by atoms with van der Waals surface area (Å²) < 4.78 is 0. The molecule has 0 spiro atoms. The fourth-order valence-electron chi connectivity index (χ4n) is 3.31. The van der Waals surface area contributed by atoms with E-state index in [0.717, 1.165) is 37.3 Å². The third-order valence-electron chi connectivity index (χ3n) is 4.97. The number of benzene rings is 2. The fraction of sp³-hybridized carbons (Fsp3) is 0.174. The van der Waals surface area contributed by atoms with E-state index >= 15 is 0 Å². The van der Waals surface area contributed by atoms with Gasteiger partial charge in [-0.05, 0) is 48.0 Å². The van der Waals surface area contributed by atoms with Gasteiger partial charge in [0.25, 0.3) is 11.8 Å². The SMILES string of the molecule is O=C(Nc1ccc(Cl)cc1)c1cncc(-c2ccc(C(=O)N3CCNCC3)cc2)c1. The number of piperazine rings is 1. The Bertz CT molecular complexity index is 1050. The van der Waals surface area contributed by atoms with Crippen LogP contribution in [0, 0.1) is 0 Å². The van der Waals surface area contributed by atoms with Crippen LogP contribution < -0.4 is 10.6 Å². The Morgan fingerprint density at radius 1 is 0.900 bits per heavy atom. The van der Waals surface area contributed by atoms with Crippen molar-refractivity contribution in [2.45, 2.75) is 0 Å². The minimum absolute atomic E-state index is 0.0391. The van der Waals surface area contributed by atoms with Gasteiger partial charge in [-0.2, -0.15) is 0 Å². The number of carbonyl (C=O) groups is 2. The molecule has 2 heterocycles. The third-order valence-corrected chi connectivity index (χ3v) is 5.22. The molecule has 1 saturated heterocycles. The van der Waals surface area contributed by atoms with Crippen molar-refractivity contribution in [1.82, 2.24) is 15.2 Å². The van der Waals surface area contributed by atoms with E-state index in [1.165, 1.54) is 6.20 Å². The Morgan fingerprint density at radius 2 is 1.60 bits per heavy atom. The number of hydrogen-bond donors (Lipinski definition) is 2. The van der Waals surface area contributed by atoms with E-state index in [9.17, 15) is 9.59 Å². The first-order chi connectivity index (χ1) is 14.6. The van der Waals surface area contributed by atoms with Crippen LogP contribution in [0.25, 0.3) is 11.1 Å². The largest absolute Gasteiger partial charge is 0.336 e.